The van der Waals surface area contributed by atoms with Gasteiger partial charge in [-0.3, -0.25) is 9.10 Å². The van der Waals surface area contributed by atoms with Crippen molar-refractivity contribution < 1.29 is 27.9 Å². The number of carbonyl (C=O) groups is 2. The van der Waals surface area contributed by atoms with Crippen molar-refractivity contribution >= 4 is 27.6 Å². The molecule has 0 atom stereocenters. The Morgan fingerprint density at radius 3 is 2.28 bits per heavy atom. The fourth-order valence-corrected chi connectivity index (χ4v) is 4.47. The number of carboxylic acid groups (broad SMARTS) is 1. The highest BCUT2D eigenvalue weighted by molar-refractivity contribution is 7.93. The van der Waals surface area contributed by atoms with Crippen molar-refractivity contribution in [2.24, 2.45) is 0 Å². The van der Waals surface area contributed by atoms with E-state index in [2.05, 4.69) is 4.74 Å². The second-order valence-corrected chi connectivity index (χ2v) is 7.80. The molecule has 0 saturated heterocycles. The maximum Gasteiger partial charge on any atom is 0.337 e. The Labute approximate surface area is 167 Å². The zero-order valence-electron chi connectivity index (χ0n) is 15.4. The van der Waals surface area contributed by atoms with Gasteiger partial charge < -0.3 is 14.4 Å². The molecule has 1 N–H and O–H groups in total. The van der Waals surface area contributed by atoms with Crippen LogP contribution in [-0.2, 0) is 19.6 Å². The Balaban J connectivity index is 2.23. The van der Waals surface area contributed by atoms with Gasteiger partial charge in [-0.1, -0.05) is 24.3 Å². The number of hydrogen-bond donors (Lipinski definition) is 1. The number of anilines is 1. The maximum atomic E-state index is 13.5. The summed E-state index contributed by atoms with van der Waals surface area (Å²) in [6.07, 6.45) is 3.46. The molecule has 0 saturated carbocycles. The number of carboxylic acids is 1. The number of benzene rings is 2. The van der Waals surface area contributed by atoms with Gasteiger partial charge in [0.15, 0.2) is 0 Å². The number of hydrogen-bond acceptors (Lipinski definition) is 5. The molecule has 0 bridgehead atoms. The number of esters is 1. The summed E-state index contributed by atoms with van der Waals surface area (Å²) in [7, 11) is -3.26. The summed E-state index contributed by atoms with van der Waals surface area (Å²) in [6.45, 7) is -0.620. The van der Waals surface area contributed by atoms with E-state index in [9.17, 15) is 23.1 Å². The second kappa shape index (κ2) is 8.19. The lowest BCUT2D eigenvalue weighted by Crippen LogP contribution is -2.37. The van der Waals surface area contributed by atoms with Gasteiger partial charge in [-0.15, -0.1) is 0 Å². The zero-order chi connectivity index (χ0) is 21.0. The quantitative estimate of drug-likeness (QED) is 0.596. The molecule has 9 heteroatoms. The van der Waals surface area contributed by atoms with E-state index in [1.807, 2.05) is 0 Å². The Hall–Kier alpha value is -3.59. The molecule has 0 aliphatic carbocycles. The van der Waals surface area contributed by atoms with E-state index in [4.69, 9.17) is 0 Å². The van der Waals surface area contributed by atoms with Gasteiger partial charge in [0.25, 0.3) is 10.0 Å². The van der Waals surface area contributed by atoms with Crippen LogP contribution >= 0.6 is 0 Å². The van der Waals surface area contributed by atoms with Gasteiger partial charge >= 0.3 is 11.9 Å². The first-order valence-corrected chi connectivity index (χ1v) is 9.94. The molecule has 3 rings (SSSR count). The van der Waals surface area contributed by atoms with Crippen LogP contribution in [0.3, 0.4) is 0 Å². The van der Waals surface area contributed by atoms with Crippen molar-refractivity contribution in [1.82, 2.24) is 4.57 Å². The molecule has 0 unspecified atom stereocenters. The van der Waals surface area contributed by atoms with Gasteiger partial charge in [0.1, 0.15) is 11.4 Å². The monoisotopic (exact) mass is 414 g/mol. The molecule has 0 radical (unpaired) electrons. The predicted molar refractivity (Wildman–Crippen MR) is 106 cm³/mol. The number of para-hydroxylation sites is 2. The second-order valence-electron chi connectivity index (χ2n) is 5.97. The van der Waals surface area contributed by atoms with Crippen molar-refractivity contribution in [3.8, 4) is 5.69 Å². The third-order valence-electron chi connectivity index (χ3n) is 4.22. The molecule has 0 fully saturated rings. The first-order valence-electron chi connectivity index (χ1n) is 8.50. The first kappa shape index (κ1) is 20.2. The van der Waals surface area contributed by atoms with Gasteiger partial charge in [0.05, 0.1) is 24.0 Å². The van der Waals surface area contributed by atoms with Crippen LogP contribution in [0.4, 0.5) is 5.69 Å². The lowest BCUT2D eigenvalue weighted by Gasteiger charge is -2.26. The standard InChI is InChI=1S/C20H18N2O6S/c1-28-19(23)14-22(17-10-4-3-9-16(17)21-12-6-7-13-21)29(26,27)18-11-5-2-8-15(18)20(24)25/h2-13H,14H2,1H3,(H,24,25). The Morgan fingerprint density at radius 1 is 1.00 bits per heavy atom. The molecule has 2 aromatic carbocycles. The summed E-state index contributed by atoms with van der Waals surface area (Å²) in [5, 5.41) is 9.44. The molecule has 150 valence electrons. The van der Waals surface area contributed by atoms with Gasteiger partial charge in [-0.25, -0.2) is 13.2 Å². The van der Waals surface area contributed by atoms with E-state index in [1.54, 1.807) is 53.4 Å². The number of methoxy groups -OCH3 is 1. The van der Waals surface area contributed by atoms with Gasteiger partial charge in [-0.2, -0.15) is 0 Å². The van der Waals surface area contributed by atoms with E-state index in [-0.39, 0.29) is 11.3 Å². The number of sulfonamides is 1. The van der Waals surface area contributed by atoms with Crippen LogP contribution in [0.25, 0.3) is 5.69 Å². The van der Waals surface area contributed by atoms with Gasteiger partial charge in [0, 0.05) is 12.4 Å². The summed E-state index contributed by atoms with van der Waals surface area (Å²) in [5.74, 6) is -2.18. The highest BCUT2D eigenvalue weighted by Gasteiger charge is 2.32. The summed E-state index contributed by atoms with van der Waals surface area (Å²) in [5.41, 5.74) is 0.313. The third kappa shape index (κ3) is 3.99. The molecule has 8 nitrogen and oxygen atoms in total. The molecule has 0 aliphatic heterocycles. The van der Waals surface area contributed by atoms with Crippen LogP contribution in [0.15, 0.2) is 78.0 Å². The maximum absolute atomic E-state index is 13.5. The third-order valence-corrected chi connectivity index (χ3v) is 6.04. The molecule has 0 spiro atoms. The minimum atomic E-state index is -4.41. The smallest absolute Gasteiger partial charge is 0.337 e. The van der Waals surface area contributed by atoms with E-state index in [0.717, 1.165) is 11.4 Å². The predicted octanol–water partition coefficient (Wildman–Crippen LogP) is 2.54. The molecule has 0 aliphatic rings. The number of aromatic carboxylic acids is 1. The number of ether oxygens (including phenoxy) is 1. The first-order chi connectivity index (χ1) is 13.9. The summed E-state index contributed by atoms with van der Waals surface area (Å²) < 4.78 is 34.2. The molecular weight excluding hydrogens is 396 g/mol. The molecular formula is C20H18N2O6S. The number of aromatic nitrogens is 1. The van der Waals surface area contributed by atoms with Crippen LogP contribution in [0, 0.1) is 0 Å². The van der Waals surface area contributed by atoms with Crippen LogP contribution in [0.5, 0.6) is 0 Å². The fraction of sp³-hybridized carbons (Fsp3) is 0.100. The van der Waals surface area contributed by atoms with Crippen LogP contribution < -0.4 is 4.31 Å². The number of nitrogens with zero attached hydrogens (tertiary/aromatic N) is 2. The molecule has 29 heavy (non-hydrogen) atoms. The summed E-state index contributed by atoms with van der Waals surface area (Å²) >= 11 is 0. The summed E-state index contributed by atoms with van der Waals surface area (Å²) in [4.78, 5) is 23.2. The minimum absolute atomic E-state index is 0.203. The Kier molecular flexibility index (Phi) is 5.69. The highest BCUT2D eigenvalue weighted by atomic mass is 32.2. The van der Waals surface area contributed by atoms with E-state index in [0.29, 0.717) is 5.69 Å². The zero-order valence-corrected chi connectivity index (χ0v) is 16.2. The van der Waals surface area contributed by atoms with Crippen molar-refractivity contribution in [3.05, 3.63) is 78.6 Å². The average Bonchev–Trinajstić information content (AvgIpc) is 3.26. The average molecular weight is 414 g/mol. The van der Waals surface area contributed by atoms with Crippen molar-refractivity contribution in [2.75, 3.05) is 18.0 Å². The Bertz CT molecular complexity index is 1140. The lowest BCUT2D eigenvalue weighted by molar-refractivity contribution is -0.138. The fourth-order valence-electron chi connectivity index (χ4n) is 2.86. The molecule has 1 heterocycles. The van der Waals surface area contributed by atoms with E-state index >= 15 is 0 Å². The highest BCUT2D eigenvalue weighted by Crippen LogP contribution is 2.31. The topological polar surface area (TPSA) is 106 Å². The SMILES string of the molecule is COC(=O)CN(c1ccccc1-n1cccc1)S(=O)(=O)c1ccccc1C(=O)O. The molecule has 0 amide bonds. The van der Waals surface area contributed by atoms with Gasteiger partial charge in [-0.05, 0) is 36.4 Å². The Morgan fingerprint density at radius 2 is 1.62 bits per heavy atom. The van der Waals surface area contributed by atoms with E-state index in [1.165, 1.54) is 24.3 Å². The number of rotatable bonds is 7. The minimum Gasteiger partial charge on any atom is -0.478 e. The largest absolute Gasteiger partial charge is 0.478 e. The molecule has 3 aromatic rings. The van der Waals surface area contributed by atoms with E-state index < -0.39 is 33.4 Å². The van der Waals surface area contributed by atoms with Crippen molar-refractivity contribution in [1.29, 1.82) is 0 Å². The van der Waals surface area contributed by atoms with Crippen molar-refractivity contribution in [3.63, 3.8) is 0 Å². The van der Waals surface area contributed by atoms with Gasteiger partial charge in [0.2, 0.25) is 0 Å². The lowest BCUT2D eigenvalue weighted by atomic mass is 10.2. The molecule has 1 aromatic heterocycles. The van der Waals surface area contributed by atoms with Crippen LogP contribution in [0.2, 0.25) is 0 Å². The van der Waals surface area contributed by atoms with Crippen LogP contribution in [0.1, 0.15) is 10.4 Å². The summed E-state index contributed by atoms with van der Waals surface area (Å²) in [6, 6.07) is 15.4. The number of carbonyl (C=O) groups excluding carboxylic acids is 1. The van der Waals surface area contributed by atoms with Crippen LogP contribution in [-0.4, -0.2) is 43.7 Å². The van der Waals surface area contributed by atoms with Crippen molar-refractivity contribution in [2.45, 2.75) is 4.90 Å². The normalized spacial score (nSPS) is 11.1.